The van der Waals surface area contributed by atoms with Crippen molar-refractivity contribution >= 4 is 40.9 Å². The summed E-state index contributed by atoms with van der Waals surface area (Å²) in [5.41, 5.74) is 2.49. The number of nitrogens with one attached hydrogen (secondary N) is 2. The first-order valence-electron chi connectivity index (χ1n) is 8.48. The number of nitrogens with zero attached hydrogens (tertiary/aromatic N) is 1. The van der Waals surface area contributed by atoms with Gasteiger partial charge in [-0.2, -0.15) is 0 Å². The third-order valence-electron chi connectivity index (χ3n) is 4.44. The maximum absolute atomic E-state index is 13.2. The second-order valence-corrected chi connectivity index (χ2v) is 8.04. The largest absolute Gasteiger partial charge is 0.573 e. The standard InChI is InChI=1S/C18H13ClF3N3O4S/c1-9(26)24-25-16(27)15-12(8-17(25)2-4-28-5-3-17)23-11-6-10(19)13(7-14(11)30-15)29-18(20,21)22/h2-7,23H,8H2,1H3,(H,24,26). The van der Waals surface area contributed by atoms with E-state index in [9.17, 15) is 22.8 Å². The average molecular weight is 460 g/mol. The molecule has 0 fully saturated rings. The van der Waals surface area contributed by atoms with Gasteiger partial charge >= 0.3 is 6.36 Å². The Morgan fingerprint density at radius 3 is 2.70 bits per heavy atom. The molecule has 0 radical (unpaired) electrons. The number of alkyl halides is 3. The Morgan fingerprint density at radius 2 is 2.07 bits per heavy atom. The Bertz CT molecular complexity index is 1030. The van der Waals surface area contributed by atoms with E-state index in [1.807, 2.05) is 0 Å². The third kappa shape index (κ3) is 3.70. The highest BCUT2D eigenvalue weighted by Gasteiger charge is 2.47. The summed E-state index contributed by atoms with van der Waals surface area (Å²) in [7, 11) is 0. The predicted octanol–water partition coefficient (Wildman–Crippen LogP) is 4.05. The fourth-order valence-electron chi connectivity index (χ4n) is 3.26. The van der Waals surface area contributed by atoms with Crippen molar-refractivity contribution < 1.29 is 32.2 Å². The van der Waals surface area contributed by atoms with Gasteiger partial charge in [0, 0.05) is 23.9 Å². The van der Waals surface area contributed by atoms with Gasteiger partial charge in [-0.25, -0.2) is 5.01 Å². The fourth-order valence-corrected chi connectivity index (χ4v) is 4.49. The quantitative estimate of drug-likeness (QED) is 0.694. The van der Waals surface area contributed by atoms with E-state index >= 15 is 0 Å². The second-order valence-electron chi connectivity index (χ2n) is 6.58. The highest BCUT2D eigenvalue weighted by molar-refractivity contribution is 8.04. The Labute approximate surface area is 177 Å². The summed E-state index contributed by atoms with van der Waals surface area (Å²) in [6, 6.07) is 2.42. The minimum absolute atomic E-state index is 0.231. The number of ether oxygens (including phenoxy) is 2. The van der Waals surface area contributed by atoms with E-state index in [1.54, 1.807) is 12.2 Å². The van der Waals surface area contributed by atoms with Crippen LogP contribution in [-0.4, -0.2) is 28.7 Å². The molecular formula is C18H13ClF3N3O4S. The van der Waals surface area contributed by atoms with E-state index in [4.69, 9.17) is 16.3 Å². The van der Waals surface area contributed by atoms with Gasteiger partial charge in [-0.05, 0) is 24.3 Å². The molecule has 0 bridgehead atoms. The summed E-state index contributed by atoms with van der Waals surface area (Å²) in [6.07, 6.45) is 1.39. The summed E-state index contributed by atoms with van der Waals surface area (Å²) < 4.78 is 46.9. The summed E-state index contributed by atoms with van der Waals surface area (Å²) in [5.74, 6) is -1.56. The summed E-state index contributed by atoms with van der Waals surface area (Å²) in [4.78, 5) is 25.5. The average Bonchev–Trinajstić information content (AvgIpc) is 2.64. The highest BCUT2D eigenvalue weighted by atomic mass is 35.5. The molecule has 12 heteroatoms. The molecule has 30 heavy (non-hydrogen) atoms. The van der Waals surface area contributed by atoms with Gasteiger partial charge in [0.15, 0.2) is 0 Å². The van der Waals surface area contributed by atoms with Crippen molar-refractivity contribution in [1.29, 1.82) is 0 Å². The number of benzene rings is 1. The lowest BCUT2D eigenvalue weighted by Gasteiger charge is -2.45. The zero-order valence-electron chi connectivity index (χ0n) is 15.2. The number of carbonyl (C=O) groups excluding carboxylic acids is 2. The molecule has 158 valence electrons. The predicted molar refractivity (Wildman–Crippen MR) is 102 cm³/mol. The maximum atomic E-state index is 13.2. The van der Waals surface area contributed by atoms with Crippen molar-refractivity contribution in [2.75, 3.05) is 5.32 Å². The van der Waals surface area contributed by atoms with Crippen LogP contribution in [0.3, 0.4) is 0 Å². The molecule has 0 aliphatic carbocycles. The van der Waals surface area contributed by atoms with Crippen molar-refractivity contribution in [3.8, 4) is 5.75 Å². The molecule has 1 aromatic carbocycles. The van der Waals surface area contributed by atoms with Crippen molar-refractivity contribution in [1.82, 2.24) is 10.4 Å². The maximum Gasteiger partial charge on any atom is 0.573 e. The van der Waals surface area contributed by atoms with Gasteiger partial charge in [-0.1, -0.05) is 23.4 Å². The van der Waals surface area contributed by atoms with Crippen molar-refractivity contribution in [3.63, 3.8) is 0 Å². The number of hydrogen-bond acceptors (Lipinski definition) is 6. The summed E-state index contributed by atoms with van der Waals surface area (Å²) in [6.45, 7) is 1.27. The summed E-state index contributed by atoms with van der Waals surface area (Å²) in [5, 5.41) is 4.02. The lowest BCUT2D eigenvalue weighted by molar-refractivity contribution is -0.274. The van der Waals surface area contributed by atoms with Crippen molar-refractivity contribution in [2.24, 2.45) is 0 Å². The van der Waals surface area contributed by atoms with Crippen LogP contribution in [0.2, 0.25) is 5.02 Å². The molecule has 2 N–H and O–H groups in total. The van der Waals surface area contributed by atoms with Crippen LogP contribution in [0.5, 0.6) is 5.75 Å². The molecule has 4 rings (SSSR count). The number of halogens is 4. The van der Waals surface area contributed by atoms with Crippen LogP contribution in [0.1, 0.15) is 13.3 Å². The number of hydrazine groups is 1. The number of thioether (sulfide) groups is 1. The molecule has 0 unspecified atom stereocenters. The number of rotatable bonds is 2. The molecule has 0 aromatic heterocycles. The van der Waals surface area contributed by atoms with E-state index < -0.39 is 29.5 Å². The SMILES string of the molecule is CC(=O)NN1C(=O)C2=C(CC13C=COC=C3)Nc1cc(Cl)c(OC(F)(F)F)cc1S2. The normalized spacial score (nSPS) is 19.1. The zero-order chi connectivity index (χ0) is 21.7. The van der Waals surface area contributed by atoms with Crippen molar-refractivity contribution in [2.45, 2.75) is 30.1 Å². The van der Waals surface area contributed by atoms with Crippen LogP contribution in [-0.2, 0) is 14.3 Å². The van der Waals surface area contributed by atoms with E-state index in [2.05, 4.69) is 15.5 Å². The van der Waals surface area contributed by atoms with Gasteiger partial charge < -0.3 is 14.8 Å². The molecule has 1 aromatic rings. The van der Waals surface area contributed by atoms with Crippen LogP contribution in [0.4, 0.5) is 18.9 Å². The fraction of sp³-hybridized carbons (Fsp3) is 0.222. The van der Waals surface area contributed by atoms with E-state index in [0.29, 0.717) is 16.3 Å². The highest BCUT2D eigenvalue weighted by Crippen LogP contribution is 2.49. The number of amides is 2. The molecule has 0 saturated carbocycles. The Balaban J connectivity index is 1.73. The smallest absolute Gasteiger partial charge is 0.473 e. The van der Waals surface area contributed by atoms with Crippen LogP contribution >= 0.6 is 23.4 Å². The monoisotopic (exact) mass is 459 g/mol. The number of hydrogen-bond donors (Lipinski definition) is 2. The van der Waals surface area contributed by atoms with Gasteiger partial charge in [0.1, 0.15) is 11.3 Å². The molecule has 3 aliphatic rings. The molecule has 0 saturated heterocycles. The second kappa shape index (κ2) is 7.17. The van der Waals surface area contributed by atoms with Crippen LogP contribution in [0.15, 0.2) is 52.3 Å². The van der Waals surface area contributed by atoms with E-state index in [1.165, 1.54) is 30.5 Å². The topological polar surface area (TPSA) is 79.9 Å². The van der Waals surface area contributed by atoms with Gasteiger partial charge in [0.05, 0.1) is 28.1 Å². The van der Waals surface area contributed by atoms with Crippen LogP contribution in [0, 0.1) is 0 Å². The third-order valence-corrected chi connectivity index (χ3v) is 5.92. The number of fused-ring (bicyclic) bond motifs is 1. The molecule has 1 spiro atoms. The van der Waals surface area contributed by atoms with Gasteiger partial charge in [-0.15, -0.1) is 13.2 Å². The van der Waals surface area contributed by atoms with Crippen LogP contribution in [0.25, 0.3) is 0 Å². The molecule has 3 heterocycles. The summed E-state index contributed by atoms with van der Waals surface area (Å²) >= 11 is 6.91. The Kier molecular flexibility index (Phi) is 4.89. The van der Waals surface area contributed by atoms with Crippen LogP contribution < -0.4 is 15.5 Å². The number of anilines is 1. The van der Waals surface area contributed by atoms with Gasteiger partial charge in [-0.3, -0.25) is 15.0 Å². The first kappa shape index (κ1) is 20.5. The lowest BCUT2D eigenvalue weighted by Crippen LogP contribution is -2.61. The zero-order valence-corrected chi connectivity index (χ0v) is 16.7. The van der Waals surface area contributed by atoms with E-state index in [-0.39, 0.29) is 16.3 Å². The van der Waals surface area contributed by atoms with Gasteiger partial charge in [0.2, 0.25) is 5.91 Å². The Hall–Kier alpha value is -2.79. The molecule has 3 aliphatic heterocycles. The molecule has 2 amide bonds. The minimum Gasteiger partial charge on any atom is -0.473 e. The first-order valence-corrected chi connectivity index (χ1v) is 9.67. The first-order chi connectivity index (χ1) is 14.1. The molecule has 0 atom stereocenters. The minimum atomic E-state index is -4.91. The van der Waals surface area contributed by atoms with Gasteiger partial charge in [0.25, 0.3) is 5.91 Å². The Morgan fingerprint density at radius 1 is 1.37 bits per heavy atom. The van der Waals surface area contributed by atoms with Crippen molar-refractivity contribution in [3.05, 3.63) is 52.4 Å². The number of carbonyl (C=O) groups is 2. The van der Waals surface area contributed by atoms with E-state index in [0.717, 1.165) is 17.8 Å². The lowest BCUT2D eigenvalue weighted by atomic mass is 9.88. The molecular weight excluding hydrogens is 447 g/mol. The molecule has 7 nitrogen and oxygen atoms in total.